The molecule has 0 saturated carbocycles. The molecule has 0 aliphatic rings. The molecule has 0 aliphatic heterocycles. The Labute approximate surface area is 116 Å². The second-order valence-corrected chi connectivity index (χ2v) is 4.40. The average Bonchev–Trinajstić information content (AvgIpc) is 2.43. The summed E-state index contributed by atoms with van der Waals surface area (Å²) in [4.78, 5) is 11.4. The smallest absolute Gasteiger partial charge is 0.250 e. The maximum Gasteiger partial charge on any atom is 0.250 e. The predicted molar refractivity (Wildman–Crippen MR) is 78.5 cm³/mol. The highest BCUT2D eigenvalue weighted by molar-refractivity contribution is 6.02. The topological polar surface area (TPSA) is 105 Å². The molecule has 0 spiro atoms. The maximum atomic E-state index is 11.4. The van der Waals surface area contributed by atoms with Crippen molar-refractivity contribution in [3.05, 3.63) is 53.1 Å². The summed E-state index contributed by atoms with van der Waals surface area (Å²) in [7, 11) is 0. The van der Waals surface area contributed by atoms with Gasteiger partial charge in [0.15, 0.2) is 0 Å². The van der Waals surface area contributed by atoms with Crippen LogP contribution in [0.2, 0.25) is 0 Å². The Kier molecular flexibility index (Phi) is 3.58. The van der Waals surface area contributed by atoms with Gasteiger partial charge in [-0.3, -0.25) is 4.79 Å². The van der Waals surface area contributed by atoms with Gasteiger partial charge in [0.2, 0.25) is 0 Å². The Bertz CT molecular complexity index is 716. The molecule has 5 nitrogen and oxygen atoms in total. The highest BCUT2D eigenvalue weighted by atomic mass is 16.1. The number of nitrogen functional groups attached to an aromatic ring is 1. The number of aryl methyl sites for hydroxylation is 1. The van der Waals surface area contributed by atoms with Crippen LogP contribution in [-0.2, 0) is 0 Å². The Hall–Kier alpha value is -3.00. The number of amides is 1. The largest absolute Gasteiger partial charge is 0.397 e. The molecule has 5 N–H and O–H groups in total. The van der Waals surface area contributed by atoms with E-state index in [-0.39, 0.29) is 0 Å². The zero-order valence-corrected chi connectivity index (χ0v) is 11.0. The van der Waals surface area contributed by atoms with Crippen LogP contribution in [0.4, 0.5) is 17.1 Å². The number of anilines is 3. The molecule has 0 fully saturated rings. The SMILES string of the molecule is Cc1ccc(C#N)cc1Nc1c(N)cccc1C(N)=O. The van der Waals surface area contributed by atoms with Crippen molar-refractivity contribution in [1.82, 2.24) is 0 Å². The minimum Gasteiger partial charge on any atom is -0.397 e. The number of carbonyl (C=O) groups is 1. The number of nitrogens with two attached hydrogens (primary N) is 2. The van der Waals surface area contributed by atoms with E-state index < -0.39 is 5.91 Å². The minimum atomic E-state index is -0.561. The number of hydrogen-bond donors (Lipinski definition) is 3. The van der Waals surface area contributed by atoms with Gasteiger partial charge >= 0.3 is 0 Å². The summed E-state index contributed by atoms with van der Waals surface area (Å²) in [6, 6.07) is 12.3. The van der Waals surface area contributed by atoms with Gasteiger partial charge in [0, 0.05) is 5.69 Å². The quantitative estimate of drug-likeness (QED) is 0.741. The molecule has 0 aliphatic carbocycles. The standard InChI is InChI=1S/C15H14N4O/c1-9-5-6-10(8-16)7-13(9)19-14-11(15(18)20)3-2-4-12(14)17/h2-7,19H,17H2,1H3,(H2,18,20). The first-order valence-electron chi connectivity index (χ1n) is 5.99. The lowest BCUT2D eigenvalue weighted by atomic mass is 10.1. The molecule has 5 heteroatoms. The van der Waals surface area contributed by atoms with E-state index in [1.807, 2.05) is 13.0 Å². The first-order chi connectivity index (χ1) is 9.52. The number of nitrogens with one attached hydrogen (secondary N) is 1. The molecule has 2 aromatic rings. The lowest BCUT2D eigenvalue weighted by molar-refractivity contribution is 0.100. The van der Waals surface area contributed by atoms with Crippen LogP contribution in [-0.4, -0.2) is 5.91 Å². The zero-order valence-electron chi connectivity index (χ0n) is 11.0. The molecule has 20 heavy (non-hydrogen) atoms. The van der Waals surface area contributed by atoms with Crippen LogP contribution in [0, 0.1) is 18.3 Å². The van der Waals surface area contributed by atoms with E-state index in [1.54, 1.807) is 30.3 Å². The predicted octanol–water partition coefficient (Wildman–Crippen LogP) is 2.29. The van der Waals surface area contributed by atoms with Crippen molar-refractivity contribution < 1.29 is 4.79 Å². The second kappa shape index (κ2) is 5.33. The first-order valence-corrected chi connectivity index (χ1v) is 5.99. The molecule has 2 rings (SSSR count). The number of rotatable bonds is 3. The fourth-order valence-electron chi connectivity index (χ4n) is 1.88. The van der Waals surface area contributed by atoms with Crippen molar-refractivity contribution in [3.8, 4) is 6.07 Å². The van der Waals surface area contributed by atoms with Crippen molar-refractivity contribution in [2.75, 3.05) is 11.1 Å². The van der Waals surface area contributed by atoms with E-state index in [1.165, 1.54) is 0 Å². The van der Waals surface area contributed by atoms with Crippen molar-refractivity contribution in [3.63, 3.8) is 0 Å². The summed E-state index contributed by atoms with van der Waals surface area (Å²) < 4.78 is 0. The van der Waals surface area contributed by atoms with Gasteiger partial charge < -0.3 is 16.8 Å². The lowest BCUT2D eigenvalue weighted by Crippen LogP contribution is -2.14. The van der Waals surface area contributed by atoms with Gasteiger partial charge in [0.25, 0.3) is 5.91 Å². The van der Waals surface area contributed by atoms with Crippen molar-refractivity contribution >= 4 is 23.0 Å². The lowest BCUT2D eigenvalue weighted by Gasteiger charge is -2.14. The fraction of sp³-hybridized carbons (Fsp3) is 0.0667. The monoisotopic (exact) mass is 266 g/mol. The molecule has 0 aromatic heterocycles. The molecule has 2 aromatic carbocycles. The van der Waals surface area contributed by atoms with E-state index in [0.717, 1.165) is 5.56 Å². The summed E-state index contributed by atoms with van der Waals surface area (Å²) in [5.74, 6) is -0.561. The van der Waals surface area contributed by atoms with Gasteiger partial charge in [0.05, 0.1) is 28.6 Å². The summed E-state index contributed by atoms with van der Waals surface area (Å²) in [6.07, 6.45) is 0. The van der Waals surface area contributed by atoms with Crippen LogP contribution in [0.3, 0.4) is 0 Å². The molecule has 1 amide bonds. The molecule has 0 heterocycles. The minimum absolute atomic E-state index is 0.312. The molecule has 0 unspecified atom stereocenters. The van der Waals surface area contributed by atoms with Crippen LogP contribution in [0.5, 0.6) is 0 Å². The molecule has 0 atom stereocenters. The van der Waals surface area contributed by atoms with Gasteiger partial charge in [-0.05, 0) is 36.8 Å². The molecular formula is C15H14N4O. The van der Waals surface area contributed by atoms with Gasteiger partial charge in [-0.15, -0.1) is 0 Å². The Morgan fingerprint density at radius 2 is 2.05 bits per heavy atom. The molecule has 0 bridgehead atoms. The summed E-state index contributed by atoms with van der Waals surface area (Å²) >= 11 is 0. The third-order valence-electron chi connectivity index (χ3n) is 2.99. The van der Waals surface area contributed by atoms with Crippen LogP contribution in [0.15, 0.2) is 36.4 Å². The second-order valence-electron chi connectivity index (χ2n) is 4.40. The molecule has 0 saturated heterocycles. The van der Waals surface area contributed by atoms with Gasteiger partial charge in [-0.25, -0.2) is 0 Å². The number of nitrogens with zero attached hydrogens (tertiary/aromatic N) is 1. The molecular weight excluding hydrogens is 252 g/mol. The average molecular weight is 266 g/mol. The number of primary amides is 1. The van der Waals surface area contributed by atoms with Crippen LogP contribution in [0.1, 0.15) is 21.5 Å². The first kappa shape index (κ1) is 13.4. The van der Waals surface area contributed by atoms with Gasteiger partial charge in [-0.1, -0.05) is 12.1 Å². The van der Waals surface area contributed by atoms with Crippen LogP contribution in [0.25, 0.3) is 0 Å². The number of benzene rings is 2. The molecule has 0 radical (unpaired) electrons. The number of nitriles is 1. The molecule has 100 valence electrons. The van der Waals surface area contributed by atoms with Crippen molar-refractivity contribution in [1.29, 1.82) is 5.26 Å². The van der Waals surface area contributed by atoms with Crippen LogP contribution < -0.4 is 16.8 Å². The number of para-hydroxylation sites is 1. The van der Waals surface area contributed by atoms with Crippen molar-refractivity contribution in [2.45, 2.75) is 6.92 Å². The van der Waals surface area contributed by atoms with E-state index in [2.05, 4.69) is 11.4 Å². The highest BCUT2D eigenvalue weighted by Gasteiger charge is 2.12. The van der Waals surface area contributed by atoms with Crippen molar-refractivity contribution in [2.24, 2.45) is 5.73 Å². The van der Waals surface area contributed by atoms with E-state index in [0.29, 0.717) is 28.2 Å². The summed E-state index contributed by atoms with van der Waals surface area (Å²) in [6.45, 7) is 1.90. The number of carbonyl (C=O) groups excluding carboxylic acids is 1. The van der Waals surface area contributed by atoms with Crippen LogP contribution >= 0.6 is 0 Å². The van der Waals surface area contributed by atoms with Gasteiger partial charge in [-0.2, -0.15) is 5.26 Å². The maximum absolute atomic E-state index is 11.4. The highest BCUT2D eigenvalue weighted by Crippen LogP contribution is 2.29. The Morgan fingerprint density at radius 1 is 1.30 bits per heavy atom. The van der Waals surface area contributed by atoms with E-state index >= 15 is 0 Å². The third-order valence-corrected chi connectivity index (χ3v) is 2.99. The fourth-order valence-corrected chi connectivity index (χ4v) is 1.88. The third kappa shape index (κ3) is 2.54. The Morgan fingerprint density at radius 3 is 2.70 bits per heavy atom. The summed E-state index contributed by atoms with van der Waals surface area (Å²) in [5.41, 5.74) is 14.6. The number of hydrogen-bond acceptors (Lipinski definition) is 4. The Balaban J connectivity index is 2.50. The summed E-state index contributed by atoms with van der Waals surface area (Å²) in [5, 5.41) is 12.0. The normalized spacial score (nSPS) is 9.80. The zero-order chi connectivity index (χ0) is 14.7. The van der Waals surface area contributed by atoms with E-state index in [4.69, 9.17) is 16.7 Å². The van der Waals surface area contributed by atoms with E-state index in [9.17, 15) is 4.79 Å². The van der Waals surface area contributed by atoms with Gasteiger partial charge in [0.1, 0.15) is 0 Å².